The van der Waals surface area contributed by atoms with Crippen LogP contribution in [0.3, 0.4) is 0 Å². The van der Waals surface area contributed by atoms with Crippen LogP contribution in [0.25, 0.3) is 33.1 Å². The number of nitrogens with one attached hydrogen (secondary N) is 2. The number of nitrogens with zero attached hydrogens (tertiary/aromatic N) is 1. The number of rotatable bonds is 1. The van der Waals surface area contributed by atoms with Crippen LogP contribution >= 0.6 is 0 Å². The van der Waals surface area contributed by atoms with Gasteiger partial charge in [-0.1, -0.05) is 30.3 Å². The Labute approximate surface area is 103 Å². The normalized spacial score (nSPS) is 11.3. The topological polar surface area (TPSA) is 44.5 Å². The molecule has 0 aliphatic heterocycles. The monoisotopic (exact) mass is 233 g/mol. The van der Waals surface area contributed by atoms with E-state index < -0.39 is 0 Å². The Morgan fingerprint density at radius 1 is 0.889 bits per heavy atom. The Balaban J connectivity index is 2.04. The summed E-state index contributed by atoms with van der Waals surface area (Å²) < 4.78 is 0. The van der Waals surface area contributed by atoms with Crippen LogP contribution in [0.5, 0.6) is 0 Å². The van der Waals surface area contributed by atoms with E-state index in [2.05, 4.69) is 45.5 Å². The molecule has 0 unspecified atom stereocenters. The van der Waals surface area contributed by atoms with E-state index in [4.69, 9.17) is 0 Å². The van der Waals surface area contributed by atoms with Crippen LogP contribution in [0.15, 0.2) is 54.7 Å². The van der Waals surface area contributed by atoms with Crippen LogP contribution in [0.2, 0.25) is 0 Å². The number of aromatic nitrogens is 3. The summed E-state index contributed by atoms with van der Waals surface area (Å²) >= 11 is 0. The van der Waals surface area contributed by atoms with Crippen molar-refractivity contribution < 1.29 is 0 Å². The van der Waals surface area contributed by atoms with Gasteiger partial charge in [-0.15, -0.1) is 0 Å². The van der Waals surface area contributed by atoms with E-state index in [0.29, 0.717) is 0 Å². The zero-order chi connectivity index (χ0) is 11.9. The number of hydrogen-bond acceptors (Lipinski definition) is 1. The van der Waals surface area contributed by atoms with Crippen LogP contribution in [0, 0.1) is 0 Å². The summed E-state index contributed by atoms with van der Waals surface area (Å²) in [4.78, 5) is 3.45. The van der Waals surface area contributed by atoms with Gasteiger partial charge >= 0.3 is 0 Å². The first kappa shape index (κ1) is 9.48. The van der Waals surface area contributed by atoms with E-state index in [1.165, 1.54) is 10.9 Å². The lowest BCUT2D eigenvalue weighted by Gasteiger charge is -1.99. The van der Waals surface area contributed by atoms with E-state index in [9.17, 15) is 0 Å². The third-order valence-corrected chi connectivity index (χ3v) is 3.30. The minimum atomic E-state index is 1.06. The molecule has 0 aliphatic rings. The molecule has 3 nitrogen and oxygen atoms in total. The molecule has 0 radical (unpaired) electrons. The van der Waals surface area contributed by atoms with Crippen LogP contribution in [-0.2, 0) is 0 Å². The van der Waals surface area contributed by atoms with Gasteiger partial charge in [0.1, 0.15) is 0 Å². The molecule has 0 saturated heterocycles. The maximum Gasteiger partial charge on any atom is 0.0657 e. The first-order valence-electron chi connectivity index (χ1n) is 5.92. The minimum Gasteiger partial charge on any atom is -0.355 e. The maximum atomic E-state index is 4.10. The van der Waals surface area contributed by atoms with E-state index >= 15 is 0 Å². The highest BCUT2D eigenvalue weighted by atomic mass is 15.1. The summed E-state index contributed by atoms with van der Waals surface area (Å²) in [5, 5.41) is 9.47. The van der Waals surface area contributed by atoms with Crippen molar-refractivity contribution in [2.45, 2.75) is 0 Å². The number of benzene rings is 2. The van der Waals surface area contributed by atoms with Gasteiger partial charge in [-0.2, -0.15) is 5.10 Å². The number of aromatic amines is 2. The lowest BCUT2D eigenvalue weighted by molar-refractivity contribution is 1.12. The summed E-state index contributed by atoms with van der Waals surface area (Å²) in [6, 6.07) is 16.7. The van der Waals surface area contributed by atoms with Crippen molar-refractivity contribution in [1.29, 1.82) is 0 Å². The van der Waals surface area contributed by atoms with Crippen molar-refractivity contribution in [1.82, 2.24) is 15.2 Å². The first-order chi connectivity index (χ1) is 8.92. The molecule has 2 N–H and O–H groups in total. The number of hydrogen-bond donors (Lipinski definition) is 2. The van der Waals surface area contributed by atoms with Crippen molar-refractivity contribution in [3.05, 3.63) is 54.7 Å². The van der Waals surface area contributed by atoms with Crippen LogP contribution in [-0.4, -0.2) is 15.2 Å². The average molecular weight is 233 g/mol. The predicted molar refractivity (Wildman–Crippen MR) is 73.4 cm³/mol. The zero-order valence-electron chi connectivity index (χ0n) is 9.64. The molecule has 2 aromatic carbocycles. The van der Waals surface area contributed by atoms with E-state index in [0.717, 1.165) is 22.1 Å². The van der Waals surface area contributed by atoms with Gasteiger partial charge in [0.25, 0.3) is 0 Å². The van der Waals surface area contributed by atoms with Crippen molar-refractivity contribution in [2.75, 3.05) is 0 Å². The fraction of sp³-hybridized carbons (Fsp3) is 0. The molecule has 4 rings (SSSR count). The summed E-state index contributed by atoms with van der Waals surface area (Å²) in [5.41, 5.74) is 4.53. The minimum absolute atomic E-state index is 1.06. The summed E-state index contributed by atoms with van der Waals surface area (Å²) in [5.74, 6) is 0. The Morgan fingerprint density at radius 2 is 1.78 bits per heavy atom. The molecule has 2 aromatic heterocycles. The van der Waals surface area contributed by atoms with Gasteiger partial charge < -0.3 is 4.98 Å². The second-order valence-electron chi connectivity index (χ2n) is 4.41. The van der Waals surface area contributed by atoms with Gasteiger partial charge in [0.2, 0.25) is 0 Å². The molecule has 0 amide bonds. The van der Waals surface area contributed by atoms with Crippen molar-refractivity contribution >= 4 is 21.8 Å². The molecule has 0 fully saturated rings. The van der Waals surface area contributed by atoms with Crippen molar-refractivity contribution in [2.24, 2.45) is 0 Å². The third kappa shape index (κ3) is 1.27. The molecule has 0 atom stereocenters. The molecular formula is C15H11N3. The Bertz CT molecular complexity index is 806. The highest BCUT2D eigenvalue weighted by Gasteiger charge is 2.07. The molecule has 0 bridgehead atoms. The van der Waals surface area contributed by atoms with Crippen LogP contribution in [0.4, 0.5) is 0 Å². The van der Waals surface area contributed by atoms with Crippen molar-refractivity contribution in [3.63, 3.8) is 0 Å². The molecule has 18 heavy (non-hydrogen) atoms. The molecule has 86 valence electrons. The Hall–Kier alpha value is -2.55. The predicted octanol–water partition coefficient (Wildman–Crippen LogP) is 3.71. The zero-order valence-corrected chi connectivity index (χ0v) is 9.64. The smallest absolute Gasteiger partial charge is 0.0657 e. The Morgan fingerprint density at radius 3 is 2.72 bits per heavy atom. The fourth-order valence-corrected chi connectivity index (χ4v) is 2.42. The second kappa shape index (κ2) is 3.47. The number of fused-ring (bicyclic) bond motifs is 2. The van der Waals surface area contributed by atoms with Crippen LogP contribution < -0.4 is 0 Å². The lowest BCUT2D eigenvalue weighted by atomic mass is 10.1. The van der Waals surface area contributed by atoms with Gasteiger partial charge in [0.05, 0.1) is 11.7 Å². The summed E-state index contributed by atoms with van der Waals surface area (Å²) in [6.45, 7) is 0. The Kier molecular flexibility index (Phi) is 1.83. The molecule has 2 heterocycles. The first-order valence-corrected chi connectivity index (χ1v) is 5.92. The standard InChI is InChI=1S/C15H11N3/c1-2-6-13-10(4-1)8-15(17-13)11-5-3-7-14-12(11)9-16-18-14/h1-9,17H,(H,16,18). The van der Waals surface area contributed by atoms with E-state index in [1.54, 1.807) is 0 Å². The third-order valence-electron chi connectivity index (χ3n) is 3.30. The van der Waals surface area contributed by atoms with Crippen molar-refractivity contribution in [3.8, 4) is 11.3 Å². The summed E-state index contributed by atoms with van der Waals surface area (Å²) in [7, 11) is 0. The van der Waals surface area contributed by atoms with Gasteiger partial charge in [0, 0.05) is 27.5 Å². The quantitative estimate of drug-likeness (QED) is 0.517. The molecule has 0 spiro atoms. The molecular weight excluding hydrogens is 222 g/mol. The highest BCUT2D eigenvalue weighted by Crippen LogP contribution is 2.29. The lowest BCUT2D eigenvalue weighted by Crippen LogP contribution is -1.78. The SMILES string of the molecule is c1ccc2[nH]c(-c3cccc4[nH]ncc34)cc2c1. The van der Waals surface area contributed by atoms with Gasteiger partial charge in [0.15, 0.2) is 0 Å². The maximum absolute atomic E-state index is 4.10. The van der Waals surface area contributed by atoms with Gasteiger partial charge in [-0.25, -0.2) is 0 Å². The largest absolute Gasteiger partial charge is 0.355 e. The van der Waals surface area contributed by atoms with E-state index in [1.807, 2.05) is 24.4 Å². The fourth-order valence-electron chi connectivity index (χ4n) is 2.42. The van der Waals surface area contributed by atoms with Gasteiger partial charge in [-0.05, 0) is 18.2 Å². The number of H-pyrrole nitrogens is 2. The van der Waals surface area contributed by atoms with E-state index in [-0.39, 0.29) is 0 Å². The number of para-hydroxylation sites is 1. The molecule has 0 saturated carbocycles. The van der Waals surface area contributed by atoms with Crippen LogP contribution in [0.1, 0.15) is 0 Å². The molecule has 3 heteroatoms. The van der Waals surface area contributed by atoms with Gasteiger partial charge in [-0.3, -0.25) is 5.10 Å². The second-order valence-corrected chi connectivity index (χ2v) is 4.41. The average Bonchev–Trinajstić information content (AvgIpc) is 3.04. The molecule has 4 aromatic rings. The highest BCUT2D eigenvalue weighted by molar-refractivity contribution is 5.96. The summed E-state index contributed by atoms with van der Waals surface area (Å²) in [6.07, 6.45) is 1.87. The molecule has 0 aliphatic carbocycles.